The molecule has 0 aliphatic heterocycles. The molecule has 0 radical (unpaired) electrons. The van der Waals surface area contributed by atoms with Crippen LogP contribution in [-0.2, 0) is 11.2 Å². The van der Waals surface area contributed by atoms with Crippen molar-refractivity contribution in [2.75, 3.05) is 6.61 Å². The summed E-state index contributed by atoms with van der Waals surface area (Å²) in [7, 11) is 0. The summed E-state index contributed by atoms with van der Waals surface area (Å²) >= 11 is 0. The van der Waals surface area contributed by atoms with Crippen LogP contribution in [0.1, 0.15) is 19.4 Å². The van der Waals surface area contributed by atoms with E-state index in [1.165, 1.54) is 0 Å². The number of hydrogen-bond acceptors (Lipinski definition) is 2. The van der Waals surface area contributed by atoms with Gasteiger partial charge in [0.2, 0.25) is 0 Å². The highest BCUT2D eigenvalue weighted by atomic mass is 16.5. The first-order valence-electron chi connectivity index (χ1n) is 4.58. The Balaban J connectivity index is 2.37. The third-order valence-electron chi connectivity index (χ3n) is 1.75. The van der Waals surface area contributed by atoms with Gasteiger partial charge >= 0.3 is 0 Å². The van der Waals surface area contributed by atoms with Gasteiger partial charge in [-0.1, -0.05) is 12.1 Å². The van der Waals surface area contributed by atoms with Gasteiger partial charge in [-0.25, -0.2) is 0 Å². The summed E-state index contributed by atoms with van der Waals surface area (Å²) in [5.74, 6) is 0.321. The fourth-order valence-corrected chi connectivity index (χ4v) is 1.12. The maximum absolute atomic E-state index is 9.18. The second-order valence-corrected chi connectivity index (χ2v) is 3.34. The van der Waals surface area contributed by atoms with Crippen molar-refractivity contribution in [1.29, 1.82) is 0 Å². The van der Waals surface area contributed by atoms with E-state index >= 15 is 0 Å². The zero-order valence-corrected chi connectivity index (χ0v) is 8.16. The zero-order chi connectivity index (χ0) is 9.68. The van der Waals surface area contributed by atoms with Crippen LogP contribution in [0.2, 0.25) is 0 Å². The van der Waals surface area contributed by atoms with Crippen LogP contribution >= 0.6 is 0 Å². The molecule has 1 rings (SSSR count). The Morgan fingerprint density at radius 1 is 1.38 bits per heavy atom. The molecule has 72 valence electrons. The summed E-state index contributed by atoms with van der Waals surface area (Å²) in [5.41, 5.74) is 1.11. The molecule has 1 aromatic rings. The summed E-state index contributed by atoms with van der Waals surface area (Å²) in [6.45, 7) is 4.74. The van der Waals surface area contributed by atoms with Crippen molar-refractivity contribution in [3.05, 3.63) is 29.8 Å². The van der Waals surface area contributed by atoms with Gasteiger partial charge in [0.05, 0.1) is 12.7 Å². The summed E-state index contributed by atoms with van der Waals surface area (Å²) in [4.78, 5) is 0. The van der Waals surface area contributed by atoms with Crippen molar-refractivity contribution in [3.8, 4) is 5.75 Å². The lowest BCUT2D eigenvalue weighted by molar-refractivity contribution is 0.0813. The minimum atomic E-state index is 0.275. The third-order valence-corrected chi connectivity index (χ3v) is 1.75. The van der Waals surface area contributed by atoms with Crippen molar-refractivity contribution in [2.24, 2.45) is 0 Å². The number of benzene rings is 1. The molecular weight excluding hydrogens is 164 g/mol. The first kappa shape index (κ1) is 10.1. The standard InChI is InChI=1S/C11H16O2/c1-9(2)13-7-6-10-4-3-5-11(12)8-10/h3-5,8-9,12H,6-7H2,1-2H3. The second kappa shape index (κ2) is 4.87. The van der Waals surface area contributed by atoms with E-state index in [0.29, 0.717) is 12.4 Å². The van der Waals surface area contributed by atoms with E-state index in [4.69, 9.17) is 4.74 Å². The third kappa shape index (κ3) is 3.95. The minimum Gasteiger partial charge on any atom is -0.508 e. The van der Waals surface area contributed by atoms with Crippen LogP contribution in [0, 0.1) is 0 Å². The summed E-state index contributed by atoms with van der Waals surface area (Å²) < 4.78 is 5.40. The number of phenolic OH excluding ortho intramolecular Hbond substituents is 1. The molecule has 0 aliphatic rings. The predicted molar refractivity (Wildman–Crippen MR) is 52.9 cm³/mol. The van der Waals surface area contributed by atoms with Gasteiger partial charge < -0.3 is 9.84 Å². The van der Waals surface area contributed by atoms with E-state index in [9.17, 15) is 5.11 Å². The monoisotopic (exact) mass is 180 g/mol. The van der Waals surface area contributed by atoms with E-state index in [1.54, 1.807) is 12.1 Å². The van der Waals surface area contributed by atoms with E-state index in [1.807, 2.05) is 26.0 Å². The zero-order valence-electron chi connectivity index (χ0n) is 8.16. The van der Waals surface area contributed by atoms with E-state index in [0.717, 1.165) is 12.0 Å². The molecule has 0 heterocycles. The van der Waals surface area contributed by atoms with Gasteiger partial charge in [-0.15, -0.1) is 0 Å². The van der Waals surface area contributed by atoms with Crippen LogP contribution in [0.25, 0.3) is 0 Å². The summed E-state index contributed by atoms with van der Waals surface area (Å²) in [5, 5.41) is 9.18. The molecule has 0 amide bonds. The highest BCUT2D eigenvalue weighted by Crippen LogP contribution is 2.11. The molecule has 1 aromatic carbocycles. The molecule has 0 spiro atoms. The maximum Gasteiger partial charge on any atom is 0.115 e. The summed E-state index contributed by atoms with van der Waals surface area (Å²) in [6, 6.07) is 7.28. The molecule has 2 heteroatoms. The summed E-state index contributed by atoms with van der Waals surface area (Å²) in [6.07, 6.45) is 1.13. The average molecular weight is 180 g/mol. The molecule has 0 atom stereocenters. The lowest BCUT2D eigenvalue weighted by atomic mass is 10.1. The maximum atomic E-state index is 9.18. The van der Waals surface area contributed by atoms with Crippen LogP contribution in [0.4, 0.5) is 0 Å². The molecule has 0 fully saturated rings. The predicted octanol–water partition coefficient (Wildman–Crippen LogP) is 2.36. The van der Waals surface area contributed by atoms with Crippen molar-refractivity contribution < 1.29 is 9.84 Å². The van der Waals surface area contributed by atoms with Crippen molar-refractivity contribution >= 4 is 0 Å². The number of rotatable bonds is 4. The van der Waals surface area contributed by atoms with Crippen molar-refractivity contribution in [1.82, 2.24) is 0 Å². The number of hydrogen-bond donors (Lipinski definition) is 1. The Kier molecular flexibility index (Phi) is 3.77. The normalized spacial score (nSPS) is 10.7. The van der Waals surface area contributed by atoms with Gasteiger partial charge in [0.15, 0.2) is 0 Å². The van der Waals surface area contributed by atoms with Gasteiger partial charge in [-0.2, -0.15) is 0 Å². The molecule has 0 aromatic heterocycles. The Hall–Kier alpha value is -1.02. The molecule has 0 saturated carbocycles. The lowest BCUT2D eigenvalue weighted by Crippen LogP contribution is -2.05. The highest BCUT2D eigenvalue weighted by Gasteiger charge is 1.96. The fourth-order valence-electron chi connectivity index (χ4n) is 1.12. The number of aromatic hydroxyl groups is 1. The minimum absolute atomic E-state index is 0.275. The molecule has 13 heavy (non-hydrogen) atoms. The molecule has 0 unspecified atom stereocenters. The lowest BCUT2D eigenvalue weighted by Gasteiger charge is -2.07. The molecule has 2 nitrogen and oxygen atoms in total. The quantitative estimate of drug-likeness (QED) is 0.770. The Morgan fingerprint density at radius 2 is 2.15 bits per heavy atom. The van der Waals surface area contributed by atoms with E-state index in [-0.39, 0.29) is 6.10 Å². The topological polar surface area (TPSA) is 29.5 Å². The van der Waals surface area contributed by atoms with Gasteiger partial charge in [0.1, 0.15) is 5.75 Å². The van der Waals surface area contributed by atoms with Gasteiger partial charge in [-0.05, 0) is 38.0 Å². The van der Waals surface area contributed by atoms with Gasteiger partial charge in [0.25, 0.3) is 0 Å². The smallest absolute Gasteiger partial charge is 0.115 e. The molecule has 1 N–H and O–H groups in total. The first-order chi connectivity index (χ1) is 6.18. The van der Waals surface area contributed by atoms with Gasteiger partial charge in [-0.3, -0.25) is 0 Å². The fraction of sp³-hybridized carbons (Fsp3) is 0.455. The Bertz CT molecular complexity index is 256. The van der Waals surface area contributed by atoms with Crippen LogP contribution in [0.3, 0.4) is 0 Å². The molecule has 0 saturated heterocycles. The van der Waals surface area contributed by atoms with Gasteiger partial charge in [0, 0.05) is 0 Å². The highest BCUT2D eigenvalue weighted by molar-refractivity contribution is 5.27. The van der Waals surface area contributed by atoms with Crippen molar-refractivity contribution in [2.45, 2.75) is 26.4 Å². The second-order valence-electron chi connectivity index (χ2n) is 3.34. The van der Waals surface area contributed by atoms with E-state index < -0.39 is 0 Å². The van der Waals surface area contributed by atoms with Crippen molar-refractivity contribution in [3.63, 3.8) is 0 Å². The Morgan fingerprint density at radius 3 is 2.77 bits per heavy atom. The van der Waals surface area contributed by atoms with Crippen LogP contribution < -0.4 is 0 Å². The number of ether oxygens (including phenoxy) is 1. The SMILES string of the molecule is CC(C)OCCc1cccc(O)c1. The first-order valence-corrected chi connectivity index (χ1v) is 4.58. The van der Waals surface area contributed by atoms with E-state index in [2.05, 4.69) is 0 Å². The average Bonchev–Trinajstić information content (AvgIpc) is 2.03. The van der Waals surface area contributed by atoms with Crippen LogP contribution in [0.15, 0.2) is 24.3 Å². The number of phenols is 1. The molecule has 0 aliphatic carbocycles. The van der Waals surface area contributed by atoms with Crippen LogP contribution in [-0.4, -0.2) is 17.8 Å². The largest absolute Gasteiger partial charge is 0.508 e. The molecular formula is C11H16O2. The van der Waals surface area contributed by atoms with Crippen LogP contribution in [0.5, 0.6) is 5.75 Å². The Labute approximate surface area is 79.2 Å². The molecule has 0 bridgehead atoms.